The summed E-state index contributed by atoms with van der Waals surface area (Å²) in [6.45, 7) is 2.35. The zero-order valence-electron chi connectivity index (χ0n) is 11.3. The predicted molar refractivity (Wildman–Crippen MR) is 74.8 cm³/mol. The third-order valence-electron chi connectivity index (χ3n) is 3.55. The van der Waals surface area contributed by atoms with Crippen LogP contribution in [-0.4, -0.2) is 33.8 Å². The van der Waals surface area contributed by atoms with Gasteiger partial charge in [0, 0.05) is 6.54 Å². The molecular weight excluding hydrogens is 280 g/mol. The number of aromatic nitrogens is 2. The molecule has 1 aliphatic rings. The molecule has 2 amide bonds. The fraction of sp³-hybridized carbons (Fsp3) is 0.667. The fourth-order valence-corrected chi connectivity index (χ4v) is 2.94. The van der Waals surface area contributed by atoms with E-state index in [9.17, 15) is 9.59 Å². The van der Waals surface area contributed by atoms with E-state index >= 15 is 0 Å². The van der Waals surface area contributed by atoms with Crippen LogP contribution in [0.5, 0.6) is 0 Å². The van der Waals surface area contributed by atoms with Crippen LogP contribution in [0.15, 0.2) is 0 Å². The number of urea groups is 1. The van der Waals surface area contributed by atoms with Crippen molar-refractivity contribution in [2.45, 2.75) is 39.0 Å². The van der Waals surface area contributed by atoms with E-state index in [2.05, 4.69) is 20.8 Å². The van der Waals surface area contributed by atoms with Crippen molar-refractivity contribution < 1.29 is 14.7 Å². The molecule has 7 nitrogen and oxygen atoms in total. The van der Waals surface area contributed by atoms with Crippen molar-refractivity contribution in [1.29, 1.82) is 0 Å². The summed E-state index contributed by atoms with van der Waals surface area (Å²) in [5, 5.41) is 23.3. The molecule has 1 saturated carbocycles. The predicted octanol–water partition coefficient (Wildman–Crippen LogP) is 1.87. The quantitative estimate of drug-likeness (QED) is 0.743. The first-order valence-electron chi connectivity index (χ1n) is 6.62. The van der Waals surface area contributed by atoms with E-state index in [1.807, 2.05) is 6.92 Å². The van der Waals surface area contributed by atoms with Crippen LogP contribution in [0.2, 0.25) is 0 Å². The highest BCUT2D eigenvalue weighted by Gasteiger charge is 2.39. The Morgan fingerprint density at radius 3 is 2.65 bits per heavy atom. The second-order valence-electron chi connectivity index (χ2n) is 5.09. The number of amides is 2. The average molecular weight is 298 g/mol. The summed E-state index contributed by atoms with van der Waals surface area (Å²) in [5.41, 5.74) is -0.279. The maximum atomic E-state index is 11.8. The summed E-state index contributed by atoms with van der Waals surface area (Å²) >= 11 is 1.34. The van der Waals surface area contributed by atoms with Crippen LogP contribution >= 0.6 is 11.3 Å². The molecule has 0 aromatic carbocycles. The van der Waals surface area contributed by atoms with Gasteiger partial charge in [0.05, 0.1) is 6.42 Å². The molecule has 0 atom stereocenters. The highest BCUT2D eigenvalue weighted by atomic mass is 32.1. The zero-order chi connectivity index (χ0) is 14.6. The number of hydrogen-bond donors (Lipinski definition) is 3. The number of carboxylic acids is 1. The van der Waals surface area contributed by atoms with Crippen LogP contribution in [0.3, 0.4) is 0 Å². The summed E-state index contributed by atoms with van der Waals surface area (Å²) in [5.74, 6) is -0.816. The van der Waals surface area contributed by atoms with Crippen molar-refractivity contribution in [3.8, 4) is 0 Å². The van der Waals surface area contributed by atoms with E-state index in [1.54, 1.807) is 0 Å². The van der Waals surface area contributed by atoms with Crippen LogP contribution in [0.4, 0.5) is 9.93 Å². The Labute approximate surface area is 120 Å². The smallest absolute Gasteiger partial charge is 0.321 e. The van der Waals surface area contributed by atoms with Crippen LogP contribution in [0.25, 0.3) is 0 Å². The maximum Gasteiger partial charge on any atom is 0.321 e. The first kappa shape index (κ1) is 14.7. The van der Waals surface area contributed by atoms with E-state index in [0.717, 1.165) is 30.7 Å². The summed E-state index contributed by atoms with van der Waals surface area (Å²) in [6, 6.07) is -0.361. The highest BCUT2D eigenvalue weighted by Crippen LogP contribution is 2.43. The molecular formula is C12H18N4O3S. The van der Waals surface area contributed by atoms with Crippen molar-refractivity contribution in [3.05, 3.63) is 5.01 Å². The van der Waals surface area contributed by atoms with Crippen molar-refractivity contribution in [2.24, 2.45) is 5.41 Å². The summed E-state index contributed by atoms with van der Waals surface area (Å²) in [7, 11) is 0. The van der Waals surface area contributed by atoms with E-state index in [0.29, 0.717) is 11.7 Å². The largest absolute Gasteiger partial charge is 0.481 e. The number of hydrogen-bond acceptors (Lipinski definition) is 5. The lowest BCUT2D eigenvalue weighted by molar-refractivity contribution is -0.141. The number of aliphatic carboxylic acids is 1. The molecule has 1 fully saturated rings. The molecule has 1 aromatic rings. The summed E-state index contributed by atoms with van der Waals surface area (Å²) in [4.78, 5) is 22.6. The number of nitrogens with zero attached hydrogens (tertiary/aromatic N) is 2. The molecule has 1 aromatic heterocycles. The fourth-order valence-electron chi connectivity index (χ4n) is 2.27. The van der Waals surface area contributed by atoms with Gasteiger partial charge in [-0.1, -0.05) is 24.7 Å². The molecule has 1 aliphatic carbocycles. The maximum absolute atomic E-state index is 11.8. The van der Waals surface area contributed by atoms with Gasteiger partial charge in [-0.2, -0.15) is 0 Å². The highest BCUT2D eigenvalue weighted by molar-refractivity contribution is 7.15. The number of nitrogens with one attached hydrogen (secondary N) is 2. The van der Waals surface area contributed by atoms with E-state index < -0.39 is 5.97 Å². The Balaban J connectivity index is 1.81. The number of carboxylic acid groups (broad SMARTS) is 1. The monoisotopic (exact) mass is 298 g/mol. The number of aryl methyl sites for hydroxylation is 1. The van der Waals surface area contributed by atoms with E-state index in [1.165, 1.54) is 11.3 Å². The minimum atomic E-state index is -0.816. The van der Waals surface area contributed by atoms with Crippen LogP contribution < -0.4 is 10.6 Å². The molecule has 0 spiro atoms. The van der Waals surface area contributed by atoms with Gasteiger partial charge in [-0.3, -0.25) is 10.1 Å². The van der Waals surface area contributed by atoms with Crippen molar-refractivity contribution in [3.63, 3.8) is 0 Å². The Morgan fingerprint density at radius 1 is 1.40 bits per heavy atom. The number of carbonyl (C=O) groups is 2. The molecule has 0 aliphatic heterocycles. The molecule has 0 bridgehead atoms. The Bertz CT molecular complexity index is 499. The van der Waals surface area contributed by atoms with Crippen molar-refractivity contribution >= 4 is 28.5 Å². The van der Waals surface area contributed by atoms with Crippen LogP contribution in [-0.2, 0) is 11.2 Å². The van der Waals surface area contributed by atoms with Crippen molar-refractivity contribution in [2.75, 3.05) is 11.9 Å². The summed E-state index contributed by atoms with van der Waals surface area (Å²) in [6.07, 6.45) is 3.60. The number of anilines is 1. The SMILES string of the molecule is CCc1nnc(NC(=O)NCC2(CC(=O)O)CCC2)s1. The Kier molecular flexibility index (Phi) is 4.53. The molecule has 3 N–H and O–H groups in total. The Hall–Kier alpha value is -1.70. The van der Waals surface area contributed by atoms with Gasteiger partial charge in [0.15, 0.2) is 0 Å². The molecule has 0 radical (unpaired) electrons. The summed E-state index contributed by atoms with van der Waals surface area (Å²) < 4.78 is 0. The van der Waals surface area contributed by atoms with E-state index in [4.69, 9.17) is 5.11 Å². The van der Waals surface area contributed by atoms with Gasteiger partial charge in [-0.25, -0.2) is 4.79 Å². The standard InChI is InChI=1S/C12H18N4O3S/c1-2-8-15-16-11(20-8)14-10(19)13-7-12(4-3-5-12)6-9(17)18/h2-7H2,1H3,(H,17,18)(H2,13,14,16,19). The molecule has 0 unspecified atom stereocenters. The van der Waals surface area contributed by atoms with E-state index in [-0.39, 0.29) is 17.9 Å². The lowest BCUT2D eigenvalue weighted by atomic mass is 9.66. The number of carbonyl (C=O) groups excluding carboxylic acids is 1. The zero-order valence-corrected chi connectivity index (χ0v) is 12.1. The second kappa shape index (κ2) is 6.17. The van der Waals surface area contributed by atoms with Crippen LogP contribution in [0, 0.1) is 5.41 Å². The van der Waals surface area contributed by atoms with Gasteiger partial charge >= 0.3 is 12.0 Å². The van der Waals surface area contributed by atoms with Gasteiger partial charge in [-0.15, -0.1) is 10.2 Å². The molecule has 0 saturated heterocycles. The minimum absolute atomic E-state index is 0.103. The third-order valence-corrected chi connectivity index (χ3v) is 4.54. The molecule has 20 heavy (non-hydrogen) atoms. The molecule has 1 heterocycles. The molecule has 110 valence electrons. The third kappa shape index (κ3) is 3.66. The van der Waals surface area contributed by atoms with Crippen molar-refractivity contribution in [1.82, 2.24) is 15.5 Å². The topological polar surface area (TPSA) is 104 Å². The average Bonchev–Trinajstić information content (AvgIpc) is 2.79. The molecule has 8 heteroatoms. The normalized spacial score (nSPS) is 16.2. The number of rotatable bonds is 6. The lowest BCUT2D eigenvalue weighted by Gasteiger charge is -2.40. The Morgan fingerprint density at radius 2 is 2.15 bits per heavy atom. The lowest BCUT2D eigenvalue weighted by Crippen LogP contribution is -2.44. The van der Waals surface area contributed by atoms with Gasteiger partial charge < -0.3 is 10.4 Å². The first-order valence-corrected chi connectivity index (χ1v) is 7.44. The minimum Gasteiger partial charge on any atom is -0.481 e. The van der Waals surface area contributed by atoms with Gasteiger partial charge in [0.1, 0.15) is 5.01 Å². The van der Waals surface area contributed by atoms with Gasteiger partial charge in [-0.05, 0) is 24.7 Å². The van der Waals surface area contributed by atoms with Gasteiger partial charge in [0.2, 0.25) is 5.13 Å². The van der Waals surface area contributed by atoms with Crippen LogP contribution in [0.1, 0.15) is 37.6 Å². The molecule has 2 rings (SSSR count). The second-order valence-corrected chi connectivity index (χ2v) is 6.15. The van der Waals surface area contributed by atoms with Gasteiger partial charge in [0.25, 0.3) is 0 Å². The first-order chi connectivity index (χ1) is 9.53.